The van der Waals surface area contributed by atoms with Gasteiger partial charge in [-0.2, -0.15) is 0 Å². The molecule has 0 heterocycles. The van der Waals surface area contributed by atoms with Gasteiger partial charge in [0, 0.05) is 22.3 Å². The molecular weight excluding hydrogens is 366 g/mol. The van der Waals surface area contributed by atoms with Crippen LogP contribution < -0.4 is 4.72 Å². The first-order chi connectivity index (χ1) is 9.99. The third-order valence-corrected chi connectivity index (χ3v) is 5.27. The Hall–Kier alpha value is -0.820. The molecule has 0 saturated heterocycles. The highest BCUT2D eigenvalue weighted by atomic mass is 79.9. The van der Waals surface area contributed by atoms with Crippen molar-refractivity contribution in [3.05, 3.63) is 46.5 Å². The molecule has 1 aromatic carbocycles. The molecule has 0 fully saturated rings. The van der Waals surface area contributed by atoms with E-state index in [1.54, 1.807) is 52.0 Å². The van der Waals surface area contributed by atoms with Gasteiger partial charge < -0.3 is 9.66 Å². The maximum Gasteiger partial charge on any atom is 0.333 e. The summed E-state index contributed by atoms with van der Waals surface area (Å²) >= 11 is 1.80. The number of benzene rings is 1. The van der Waals surface area contributed by atoms with Crippen LogP contribution >= 0.6 is 15.9 Å². The fourth-order valence-corrected chi connectivity index (χ4v) is 3.10. The van der Waals surface area contributed by atoms with E-state index >= 15 is 0 Å². The van der Waals surface area contributed by atoms with E-state index in [0.717, 1.165) is 4.47 Å². The molecule has 22 heavy (non-hydrogen) atoms. The second kappa shape index (κ2) is 7.17. The lowest BCUT2D eigenvalue weighted by atomic mass is 9.85. The summed E-state index contributed by atoms with van der Waals surface area (Å²) in [5.41, 5.74) is -0.225. The van der Waals surface area contributed by atoms with E-state index < -0.39 is 27.6 Å². The van der Waals surface area contributed by atoms with Crippen molar-refractivity contribution in [2.24, 2.45) is 0 Å². The fraction of sp³-hybridized carbons (Fsp3) is 0.438. The van der Waals surface area contributed by atoms with Gasteiger partial charge in [0.25, 0.3) is 0 Å². The minimum absolute atomic E-state index is 0.159. The minimum Gasteiger partial charge on any atom is -0.598 e. The van der Waals surface area contributed by atoms with Gasteiger partial charge in [0.2, 0.25) is 0 Å². The number of aliphatic carboxylic acids is 1. The summed E-state index contributed by atoms with van der Waals surface area (Å²) in [6, 6.07) is 6.97. The summed E-state index contributed by atoms with van der Waals surface area (Å²) < 4.78 is 15.6. The van der Waals surface area contributed by atoms with Gasteiger partial charge in [0.1, 0.15) is 4.75 Å². The molecule has 2 atom stereocenters. The Morgan fingerprint density at radius 2 is 1.86 bits per heavy atom. The van der Waals surface area contributed by atoms with Crippen molar-refractivity contribution in [3.63, 3.8) is 0 Å². The van der Waals surface area contributed by atoms with Gasteiger partial charge in [0.15, 0.2) is 5.54 Å². The van der Waals surface area contributed by atoms with E-state index in [2.05, 4.69) is 27.2 Å². The molecule has 0 amide bonds. The Kier molecular flexibility index (Phi) is 6.27. The summed E-state index contributed by atoms with van der Waals surface area (Å²) in [5.74, 6) is -1.07. The van der Waals surface area contributed by atoms with Crippen molar-refractivity contribution < 1.29 is 14.5 Å². The van der Waals surface area contributed by atoms with Crippen molar-refractivity contribution in [3.8, 4) is 0 Å². The molecule has 0 aliphatic heterocycles. The summed E-state index contributed by atoms with van der Waals surface area (Å²) in [6.45, 7) is 11.0. The SMILES string of the molecule is C=C(C)C[C@](N[S@@+]([O-])C(C)(C)C)(C(=O)O)c1ccc(Br)cc1. The zero-order chi connectivity index (χ0) is 17.1. The van der Waals surface area contributed by atoms with Crippen molar-refractivity contribution in [1.82, 2.24) is 4.72 Å². The van der Waals surface area contributed by atoms with Crippen LogP contribution in [0.4, 0.5) is 0 Å². The molecule has 2 N–H and O–H groups in total. The Balaban J connectivity index is 3.37. The average molecular weight is 388 g/mol. The first kappa shape index (κ1) is 19.2. The number of halogens is 1. The molecule has 122 valence electrons. The van der Waals surface area contributed by atoms with Crippen LogP contribution in [0.1, 0.15) is 39.7 Å². The lowest BCUT2D eigenvalue weighted by Gasteiger charge is -2.35. The molecule has 4 nitrogen and oxygen atoms in total. The maximum absolute atomic E-state index is 12.5. The normalized spacial score (nSPS) is 15.9. The zero-order valence-electron chi connectivity index (χ0n) is 13.3. The Bertz CT molecular complexity index is 554. The molecule has 6 heteroatoms. The van der Waals surface area contributed by atoms with Gasteiger partial charge in [0.05, 0.1) is 0 Å². The van der Waals surface area contributed by atoms with Crippen LogP contribution in [-0.2, 0) is 21.7 Å². The Labute approximate surface area is 143 Å². The standard InChI is InChI=1S/C16H22BrNO3S/c1-11(2)10-16(14(19)20,18-22(21)15(3,4)5)12-6-8-13(17)9-7-12/h6-9,18H,1,10H2,2-5H3,(H,19,20)/t16-,22+/m1/s1. The molecule has 0 aliphatic carbocycles. The van der Waals surface area contributed by atoms with E-state index in [9.17, 15) is 14.5 Å². The largest absolute Gasteiger partial charge is 0.598 e. The zero-order valence-corrected chi connectivity index (χ0v) is 15.7. The summed E-state index contributed by atoms with van der Waals surface area (Å²) in [7, 11) is 0. The predicted octanol–water partition coefficient (Wildman–Crippen LogP) is 3.75. The summed E-state index contributed by atoms with van der Waals surface area (Å²) in [5, 5.41) is 9.86. The molecule has 0 unspecified atom stereocenters. The van der Waals surface area contributed by atoms with E-state index in [1.165, 1.54) is 0 Å². The second-order valence-corrected chi connectivity index (χ2v) is 9.22. The van der Waals surface area contributed by atoms with Gasteiger partial charge >= 0.3 is 5.97 Å². The van der Waals surface area contributed by atoms with Crippen LogP contribution in [-0.4, -0.2) is 20.4 Å². The molecule has 0 aromatic heterocycles. The molecule has 1 rings (SSSR count). The Morgan fingerprint density at radius 1 is 1.36 bits per heavy atom. The lowest BCUT2D eigenvalue weighted by molar-refractivity contribution is -0.144. The first-order valence-electron chi connectivity index (χ1n) is 6.82. The number of carboxylic acid groups (broad SMARTS) is 1. The number of nitrogens with one attached hydrogen (secondary N) is 1. The van der Waals surface area contributed by atoms with E-state index in [4.69, 9.17) is 0 Å². The smallest absolute Gasteiger partial charge is 0.333 e. The third-order valence-electron chi connectivity index (χ3n) is 3.09. The van der Waals surface area contributed by atoms with Crippen LogP contribution in [0.25, 0.3) is 0 Å². The van der Waals surface area contributed by atoms with Crippen LogP contribution in [0.2, 0.25) is 0 Å². The van der Waals surface area contributed by atoms with E-state index in [0.29, 0.717) is 11.1 Å². The van der Waals surface area contributed by atoms with Crippen molar-refractivity contribution in [1.29, 1.82) is 0 Å². The van der Waals surface area contributed by atoms with Gasteiger partial charge in [-0.1, -0.05) is 33.6 Å². The molecule has 0 spiro atoms. The lowest BCUT2D eigenvalue weighted by Crippen LogP contribution is -2.55. The number of hydrogen-bond acceptors (Lipinski definition) is 3. The number of hydrogen-bond donors (Lipinski definition) is 2. The van der Waals surface area contributed by atoms with Gasteiger partial charge in [-0.15, -0.1) is 11.3 Å². The maximum atomic E-state index is 12.5. The van der Waals surface area contributed by atoms with Crippen LogP contribution in [0.15, 0.2) is 40.9 Å². The summed E-state index contributed by atoms with van der Waals surface area (Å²) in [4.78, 5) is 12.1. The number of carbonyl (C=O) groups is 1. The highest BCUT2D eigenvalue weighted by Crippen LogP contribution is 2.32. The minimum atomic E-state index is -1.53. The summed E-state index contributed by atoms with van der Waals surface area (Å²) in [6.07, 6.45) is 0.159. The predicted molar refractivity (Wildman–Crippen MR) is 93.9 cm³/mol. The fourth-order valence-electron chi connectivity index (χ4n) is 1.94. The topological polar surface area (TPSA) is 72.4 Å². The monoisotopic (exact) mass is 387 g/mol. The molecule has 0 saturated carbocycles. The van der Waals surface area contributed by atoms with Crippen LogP contribution in [0, 0.1) is 0 Å². The van der Waals surface area contributed by atoms with E-state index in [1.807, 2.05) is 0 Å². The quantitative estimate of drug-likeness (QED) is 0.575. The van der Waals surface area contributed by atoms with Crippen molar-refractivity contribution in [2.75, 3.05) is 0 Å². The third kappa shape index (κ3) is 4.59. The highest BCUT2D eigenvalue weighted by Gasteiger charge is 2.46. The van der Waals surface area contributed by atoms with Crippen molar-refractivity contribution in [2.45, 2.75) is 44.4 Å². The van der Waals surface area contributed by atoms with E-state index in [-0.39, 0.29) is 6.42 Å². The molecule has 1 aromatic rings. The van der Waals surface area contributed by atoms with Gasteiger partial charge in [-0.3, -0.25) is 0 Å². The van der Waals surface area contributed by atoms with Crippen molar-refractivity contribution >= 4 is 33.3 Å². The number of carboxylic acids is 1. The Morgan fingerprint density at radius 3 is 2.23 bits per heavy atom. The second-order valence-electron chi connectivity index (χ2n) is 6.33. The number of rotatable bonds is 6. The van der Waals surface area contributed by atoms with Gasteiger partial charge in [-0.25, -0.2) is 4.79 Å². The molecule has 0 aliphatic rings. The van der Waals surface area contributed by atoms with Crippen LogP contribution in [0.5, 0.6) is 0 Å². The molecule has 0 bridgehead atoms. The molecular formula is C16H22BrNO3S. The average Bonchev–Trinajstić information content (AvgIpc) is 2.36. The first-order valence-corrected chi connectivity index (χ1v) is 8.77. The van der Waals surface area contributed by atoms with Crippen LogP contribution in [0.3, 0.4) is 0 Å². The highest BCUT2D eigenvalue weighted by molar-refractivity contribution is 9.10. The van der Waals surface area contributed by atoms with Gasteiger partial charge in [-0.05, 0) is 45.4 Å². The molecule has 0 radical (unpaired) electrons.